The summed E-state index contributed by atoms with van der Waals surface area (Å²) >= 11 is 0.819. The molecule has 1 aromatic carbocycles. The topological polar surface area (TPSA) is 91.7 Å². The maximum absolute atomic E-state index is 14.5. The Morgan fingerprint density at radius 2 is 1.97 bits per heavy atom. The van der Waals surface area contributed by atoms with Gasteiger partial charge < -0.3 is 20.3 Å². The van der Waals surface area contributed by atoms with Crippen LogP contribution in [0.5, 0.6) is 0 Å². The third kappa shape index (κ3) is 4.64. The monoisotopic (exact) mass is 506 g/mol. The minimum Gasteiger partial charge on any atom is -0.393 e. The number of pyridine rings is 1. The van der Waals surface area contributed by atoms with Crippen molar-refractivity contribution in [3.8, 4) is 0 Å². The number of rotatable bonds is 6. The molecule has 1 aromatic heterocycles. The van der Waals surface area contributed by atoms with Crippen LogP contribution in [0, 0.1) is 17.6 Å². The average molecular weight is 506 g/mol. The van der Waals surface area contributed by atoms with Gasteiger partial charge in [0, 0.05) is 16.7 Å². The number of benzene rings is 1. The molecule has 5 atom stereocenters. The van der Waals surface area contributed by atoms with Crippen molar-refractivity contribution in [3.63, 3.8) is 0 Å². The van der Waals surface area contributed by atoms with Crippen LogP contribution < -0.4 is 5.32 Å². The summed E-state index contributed by atoms with van der Waals surface area (Å²) < 4.78 is 75.5. The van der Waals surface area contributed by atoms with Crippen molar-refractivity contribution in [1.82, 2.24) is 4.98 Å². The quantitative estimate of drug-likeness (QED) is 0.402. The lowest BCUT2D eigenvalue weighted by molar-refractivity contribution is -0.272. The van der Waals surface area contributed by atoms with Gasteiger partial charge in [-0.15, -0.1) is 11.8 Å². The number of carbonyl (C=O) groups excluding carboxylic acids is 1. The molecule has 0 unspecified atom stereocenters. The van der Waals surface area contributed by atoms with Gasteiger partial charge in [0.25, 0.3) is 5.91 Å². The molecule has 34 heavy (non-hydrogen) atoms. The Kier molecular flexibility index (Phi) is 7.56. The van der Waals surface area contributed by atoms with Gasteiger partial charge in [-0.1, -0.05) is 13.0 Å². The first-order valence-corrected chi connectivity index (χ1v) is 11.4. The number of halogens is 5. The van der Waals surface area contributed by atoms with E-state index < -0.39 is 60.0 Å². The van der Waals surface area contributed by atoms with Gasteiger partial charge in [-0.25, -0.2) is 8.78 Å². The number of hydrogen-bond acceptors (Lipinski definition) is 6. The number of aliphatic hydroxyl groups is 2. The van der Waals surface area contributed by atoms with E-state index in [1.165, 1.54) is 31.4 Å². The summed E-state index contributed by atoms with van der Waals surface area (Å²) in [6.07, 6.45) is -5.15. The van der Waals surface area contributed by atoms with Gasteiger partial charge >= 0.3 is 6.18 Å². The Morgan fingerprint density at radius 3 is 2.50 bits per heavy atom. The van der Waals surface area contributed by atoms with E-state index in [-0.39, 0.29) is 21.8 Å². The van der Waals surface area contributed by atoms with Gasteiger partial charge in [0.15, 0.2) is 17.2 Å². The van der Waals surface area contributed by atoms with Crippen molar-refractivity contribution >= 4 is 23.4 Å². The maximum atomic E-state index is 14.5. The molecule has 1 aliphatic heterocycles. The molecule has 0 radical (unpaired) electrons. The first-order chi connectivity index (χ1) is 15.9. The Balaban J connectivity index is 2.01. The third-order valence-corrected chi connectivity index (χ3v) is 6.96. The van der Waals surface area contributed by atoms with Crippen LogP contribution in [-0.4, -0.2) is 51.8 Å². The molecule has 1 aliphatic rings. The Labute approximate surface area is 196 Å². The maximum Gasteiger partial charge on any atom is 0.417 e. The summed E-state index contributed by atoms with van der Waals surface area (Å²) in [4.78, 5) is 16.8. The molecule has 3 rings (SSSR count). The van der Waals surface area contributed by atoms with E-state index in [1.807, 2.05) is 0 Å². The van der Waals surface area contributed by atoms with Gasteiger partial charge in [0.2, 0.25) is 0 Å². The molecule has 2 aromatic rings. The van der Waals surface area contributed by atoms with E-state index in [4.69, 9.17) is 9.84 Å². The average Bonchev–Trinajstić information content (AvgIpc) is 3.07. The van der Waals surface area contributed by atoms with Crippen molar-refractivity contribution in [2.45, 2.75) is 48.6 Å². The third-order valence-electron chi connectivity index (χ3n) is 6.14. The van der Waals surface area contributed by atoms with Gasteiger partial charge in [-0.3, -0.25) is 9.78 Å². The first kappa shape index (κ1) is 26.3. The summed E-state index contributed by atoms with van der Waals surface area (Å²) in [6.45, 7) is 1.50. The van der Waals surface area contributed by atoms with Crippen LogP contribution >= 0.6 is 11.8 Å². The standard InChI is InChI=1S/C22H23F5N2O4S/c1-10-16(12-5-6-13(23)17(24)19(12)34-3)18(33-21(10,2)22(25,26)27)20(32)29-11-4-7-14(28-8-11)15(31)9-30/h4-8,10,15-16,18,30-31H,9H2,1-3H3,(H,29,32)/t10-,15-,16-,18+,21+/m0/s1. The van der Waals surface area contributed by atoms with Gasteiger partial charge in [-0.05, 0) is 36.9 Å². The van der Waals surface area contributed by atoms with Crippen molar-refractivity contribution in [1.29, 1.82) is 0 Å². The highest BCUT2D eigenvalue weighted by Gasteiger charge is 2.65. The summed E-state index contributed by atoms with van der Waals surface area (Å²) in [5.41, 5.74) is -2.47. The van der Waals surface area contributed by atoms with E-state index >= 15 is 0 Å². The van der Waals surface area contributed by atoms with E-state index in [0.717, 1.165) is 30.9 Å². The van der Waals surface area contributed by atoms with Crippen molar-refractivity contribution in [3.05, 3.63) is 53.4 Å². The summed E-state index contributed by atoms with van der Waals surface area (Å²) in [7, 11) is 0. The zero-order valence-electron chi connectivity index (χ0n) is 18.4. The summed E-state index contributed by atoms with van der Waals surface area (Å²) in [6, 6.07) is 4.65. The van der Waals surface area contributed by atoms with Crippen LogP contribution in [0.4, 0.5) is 27.6 Å². The number of aromatic nitrogens is 1. The van der Waals surface area contributed by atoms with Crippen molar-refractivity contribution in [2.24, 2.45) is 5.92 Å². The fourth-order valence-electron chi connectivity index (χ4n) is 4.02. The molecule has 6 nitrogen and oxygen atoms in total. The lowest BCUT2D eigenvalue weighted by Gasteiger charge is -2.32. The lowest BCUT2D eigenvalue weighted by Crippen LogP contribution is -2.47. The number of alkyl halides is 3. The summed E-state index contributed by atoms with van der Waals surface area (Å²) in [5.74, 6) is -5.86. The number of thioether (sulfide) groups is 1. The summed E-state index contributed by atoms with van der Waals surface area (Å²) in [5, 5.41) is 21.0. The van der Waals surface area contributed by atoms with Gasteiger partial charge in [0.05, 0.1) is 24.2 Å². The second-order valence-corrected chi connectivity index (χ2v) is 8.92. The fraction of sp³-hybridized carbons (Fsp3) is 0.455. The highest BCUT2D eigenvalue weighted by Crippen LogP contribution is 2.54. The fourth-order valence-corrected chi connectivity index (χ4v) is 4.74. The number of carbonyl (C=O) groups is 1. The number of anilines is 1. The smallest absolute Gasteiger partial charge is 0.393 e. The Bertz CT molecular complexity index is 1050. The number of nitrogens with zero attached hydrogens (tertiary/aromatic N) is 1. The van der Waals surface area contributed by atoms with Crippen LogP contribution in [0.1, 0.15) is 37.1 Å². The number of nitrogens with one attached hydrogen (secondary N) is 1. The minimum absolute atomic E-state index is 0.0339. The lowest BCUT2D eigenvalue weighted by atomic mass is 9.77. The van der Waals surface area contributed by atoms with Crippen molar-refractivity contribution < 1.29 is 41.7 Å². The molecule has 12 heteroatoms. The molecule has 186 valence electrons. The zero-order chi connectivity index (χ0) is 25.4. The molecule has 0 bridgehead atoms. The van der Waals surface area contributed by atoms with Crippen LogP contribution in [0.15, 0.2) is 35.4 Å². The molecule has 1 fully saturated rings. The van der Waals surface area contributed by atoms with Gasteiger partial charge in [0.1, 0.15) is 12.2 Å². The zero-order valence-corrected chi connectivity index (χ0v) is 19.2. The molecular weight excluding hydrogens is 483 g/mol. The molecule has 1 amide bonds. The van der Waals surface area contributed by atoms with Gasteiger partial charge in [-0.2, -0.15) is 13.2 Å². The van der Waals surface area contributed by atoms with Crippen LogP contribution in [-0.2, 0) is 9.53 Å². The van der Waals surface area contributed by atoms with Crippen LogP contribution in [0.3, 0.4) is 0 Å². The molecule has 3 N–H and O–H groups in total. The molecule has 1 saturated heterocycles. The molecular formula is C22H23F5N2O4S. The molecule has 0 spiro atoms. The number of ether oxygens (including phenoxy) is 1. The van der Waals surface area contributed by atoms with E-state index in [9.17, 15) is 31.9 Å². The Morgan fingerprint density at radius 1 is 1.29 bits per heavy atom. The SMILES string of the molecule is CSc1c([C@H]2[C@H](C(=O)Nc3ccc([C@@H](O)CO)nc3)O[C@@](C)(C(F)(F)F)[C@H]2C)ccc(F)c1F. The van der Waals surface area contributed by atoms with E-state index in [2.05, 4.69) is 10.3 Å². The molecule has 2 heterocycles. The molecule has 0 aliphatic carbocycles. The Hall–Kier alpha value is -2.28. The molecule has 0 saturated carbocycles. The van der Waals surface area contributed by atoms with E-state index in [1.54, 1.807) is 0 Å². The van der Waals surface area contributed by atoms with Crippen LogP contribution in [0.25, 0.3) is 0 Å². The highest BCUT2D eigenvalue weighted by atomic mass is 32.2. The number of amides is 1. The predicted molar refractivity (Wildman–Crippen MR) is 114 cm³/mol. The minimum atomic E-state index is -4.85. The number of aliphatic hydroxyl groups excluding tert-OH is 2. The largest absolute Gasteiger partial charge is 0.417 e. The van der Waals surface area contributed by atoms with E-state index in [0.29, 0.717) is 0 Å². The van der Waals surface area contributed by atoms with Crippen molar-refractivity contribution in [2.75, 3.05) is 18.2 Å². The predicted octanol–water partition coefficient (Wildman–Crippen LogP) is 4.19. The second kappa shape index (κ2) is 9.76. The second-order valence-electron chi connectivity index (χ2n) is 8.10. The first-order valence-electron chi connectivity index (χ1n) is 10.2. The highest BCUT2D eigenvalue weighted by molar-refractivity contribution is 7.98. The number of hydrogen-bond donors (Lipinski definition) is 3. The normalized spacial score (nSPS) is 25.9. The van der Waals surface area contributed by atoms with Crippen LogP contribution in [0.2, 0.25) is 0 Å².